The Hall–Kier alpha value is -2.61. The number of rotatable bonds is 3. The van der Waals surface area contributed by atoms with Crippen LogP contribution in [0.25, 0.3) is 11.1 Å². The number of alkyl halides is 3. The fourth-order valence-corrected chi connectivity index (χ4v) is 5.68. The van der Waals surface area contributed by atoms with Crippen LogP contribution in [0.4, 0.5) is 18.0 Å². The van der Waals surface area contributed by atoms with E-state index in [0.717, 1.165) is 62.5 Å². The van der Waals surface area contributed by atoms with Crippen molar-refractivity contribution in [3.8, 4) is 11.1 Å². The first-order valence-electron chi connectivity index (χ1n) is 12.0. The number of piperidine rings is 3. The minimum absolute atomic E-state index is 0.0643. The number of fused-ring (bicyclic) bond motifs is 4. The van der Waals surface area contributed by atoms with Gasteiger partial charge >= 0.3 is 12.3 Å². The van der Waals surface area contributed by atoms with Crippen LogP contribution in [0.3, 0.4) is 0 Å². The molecule has 1 aromatic heterocycles. The number of aryl methyl sites for hydroxylation is 1. The Balaban J connectivity index is 1.36. The molecule has 2 aromatic rings. The second-order valence-electron chi connectivity index (χ2n) is 10.5. The van der Waals surface area contributed by atoms with Crippen LogP contribution >= 0.6 is 0 Å². The van der Waals surface area contributed by atoms with Crippen LogP contribution in [0.5, 0.6) is 0 Å². The van der Waals surface area contributed by atoms with Crippen LogP contribution in [-0.4, -0.2) is 41.7 Å². The summed E-state index contributed by atoms with van der Waals surface area (Å²) in [5.74, 6) is 0.437. The Bertz CT molecular complexity index is 1080. The van der Waals surface area contributed by atoms with Crippen molar-refractivity contribution in [2.45, 2.75) is 57.9 Å². The minimum Gasteiger partial charge on any atom is -0.445 e. The summed E-state index contributed by atoms with van der Waals surface area (Å²) < 4.78 is 45.2. The molecule has 1 aliphatic carbocycles. The summed E-state index contributed by atoms with van der Waals surface area (Å²) >= 11 is 0. The van der Waals surface area contributed by atoms with Crippen molar-refractivity contribution in [3.05, 3.63) is 53.3 Å². The second kappa shape index (κ2) is 8.56. The molecule has 1 amide bonds. The van der Waals surface area contributed by atoms with Gasteiger partial charge in [0.25, 0.3) is 0 Å². The van der Waals surface area contributed by atoms with E-state index >= 15 is 0 Å². The predicted octanol–water partition coefficient (Wildman–Crippen LogP) is 5.60. The molecule has 182 valence electrons. The molecule has 6 rings (SSSR count). The predicted molar refractivity (Wildman–Crippen MR) is 122 cm³/mol. The molecule has 0 radical (unpaired) electrons. The van der Waals surface area contributed by atoms with Crippen LogP contribution < -0.4 is 5.32 Å². The number of alkyl carbamates (subject to hydrolysis) is 1. The number of hydrogen-bond donors (Lipinski definition) is 1. The van der Waals surface area contributed by atoms with E-state index in [0.29, 0.717) is 17.0 Å². The van der Waals surface area contributed by atoms with Gasteiger partial charge in [0, 0.05) is 12.7 Å². The van der Waals surface area contributed by atoms with Crippen molar-refractivity contribution < 1.29 is 22.7 Å². The number of carbonyl (C=O) groups is 1. The smallest absolute Gasteiger partial charge is 0.433 e. The summed E-state index contributed by atoms with van der Waals surface area (Å²) in [7, 11) is 0. The van der Waals surface area contributed by atoms with Crippen LogP contribution in [0.1, 0.15) is 56.0 Å². The van der Waals surface area contributed by atoms with E-state index in [9.17, 15) is 18.0 Å². The number of amides is 1. The van der Waals surface area contributed by atoms with Gasteiger partial charge in [-0.15, -0.1) is 0 Å². The molecule has 0 saturated carbocycles. The number of benzene rings is 1. The molecular weight excluding hydrogens is 443 g/mol. The summed E-state index contributed by atoms with van der Waals surface area (Å²) in [5.41, 5.74) is 2.13. The maximum Gasteiger partial charge on any atom is 0.433 e. The lowest BCUT2D eigenvalue weighted by Crippen LogP contribution is -2.53. The average molecular weight is 474 g/mol. The molecule has 0 spiro atoms. The molecule has 8 heteroatoms. The van der Waals surface area contributed by atoms with E-state index in [2.05, 4.69) is 29.0 Å². The van der Waals surface area contributed by atoms with E-state index in [4.69, 9.17) is 4.74 Å². The van der Waals surface area contributed by atoms with Gasteiger partial charge in [0.15, 0.2) is 0 Å². The molecule has 3 aliphatic heterocycles. The first kappa shape index (κ1) is 23.1. The lowest BCUT2D eigenvalue weighted by molar-refractivity contribution is -0.141. The third kappa shape index (κ3) is 4.52. The van der Waals surface area contributed by atoms with E-state index in [1.54, 1.807) is 6.07 Å². The third-order valence-electron chi connectivity index (χ3n) is 7.77. The Morgan fingerprint density at radius 2 is 1.88 bits per heavy atom. The molecule has 5 nitrogen and oxygen atoms in total. The van der Waals surface area contributed by atoms with Gasteiger partial charge in [0.05, 0.1) is 6.04 Å². The minimum atomic E-state index is -4.49. The van der Waals surface area contributed by atoms with Crippen molar-refractivity contribution in [1.29, 1.82) is 0 Å². The number of pyridine rings is 1. The maximum atomic E-state index is 13.1. The Morgan fingerprint density at radius 1 is 1.15 bits per heavy atom. The summed E-state index contributed by atoms with van der Waals surface area (Å²) in [5, 5.41) is 3.12. The Kier molecular flexibility index (Phi) is 5.82. The molecule has 2 atom stereocenters. The van der Waals surface area contributed by atoms with Gasteiger partial charge in [0.1, 0.15) is 11.8 Å². The van der Waals surface area contributed by atoms with Gasteiger partial charge in [-0.05, 0) is 84.5 Å². The fourth-order valence-electron chi connectivity index (χ4n) is 5.68. The first-order valence-corrected chi connectivity index (χ1v) is 12.0. The summed E-state index contributed by atoms with van der Waals surface area (Å²) in [6, 6.07) is 8.12. The number of nitrogens with zero attached hydrogens (tertiary/aromatic N) is 2. The van der Waals surface area contributed by atoms with Crippen LogP contribution in [-0.2, 0) is 17.3 Å². The number of hydrogen-bond acceptors (Lipinski definition) is 4. The van der Waals surface area contributed by atoms with Crippen molar-refractivity contribution in [1.82, 2.24) is 15.2 Å². The van der Waals surface area contributed by atoms with Crippen molar-refractivity contribution in [2.24, 2.45) is 11.3 Å². The zero-order valence-corrected chi connectivity index (χ0v) is 19.5. The third-order valence-corrected chi connectivity index (χ3v) is 7.77. The fraction of sp³-hybridized carbons (Fsp3) is 0.538. The van der Waals surface area contributed by atoms with E-state index in [1.165, 1.54) is 6.20 Å². The van der Waals surface area contributed by atoms with Crippen molar-refractivity contribution >= 4 is 6.09 Å². The Morgan fingerprint density at radius 3 is 2.56 bits per heavy atom. The quantitative estimate of drug-likeness (QED) is 0.631. The molecule has 4 heterocycles. The lowest BCUT2D eigenvalue weighted by atomic mass is 9.70. The number of ether oxygens (including phenoxy) is 1. The number of halogens is 3. The standard InChI is InChI=1S/C26H30F3N3O2/c1-25(2)9-5-19-13-17(18-6-10-30-22(14-18)26(27,28)29)3-4-20(19)23(25)31-24(33)34-21-15-32-11-7-16(21)8-12-32/h3-4,6,10,13-14,16,21,23H,5,7-9,11-12,15H2,1-2H3,(H,31,33)/t21-,23?/m1/s1. The van der Waals surface area contributed by atoms with E-state index in [-0.39, 0.29) is 17.6 Å². The summed E-state index contributed by atoms with van der Waals surface area (Å²) in [6.07, 6.45) is 0.0306. The molecule has 1 unspecified atom stereocenters. The maximum absolute atomic E-state index is 13.1. The molecular formula is C26H30F3N3O2. The summed E-state index contributed by atoms with van der Waals surface area (Å²) in [6.45, 7) is 7.22. The largest absolute Gasteiger partial charge is 0.445 e. The van der Waals surface area contributed by atoms with E-state index in [1.807, 2.05) is 18.2 Å². The second-order valence-corrected chi connectivity index (χ2v) is 10.5. The Labute approximate surface area is 197 Å². The van der Waals surface area contributed by atoms with Crippen LogP contribution in [0.2, 0.25) is 0 Å². The SMILES string of the molecule is CC1(C)CCc2cc(-c3ccnc(C(F)(F)F)c3)ccc2C1NC(=O)O[C@@H]1CN2CCC1CC2. The highest BCUT2D eigenvalue weighted by atomic mass is 19.4. The van der Waals surface area contributed by atoms with Crippen molar-refractivity contribution in [3.63, 3.8) is 0 Å². The molecule has 3 saturated heterocycles. The van der Waals surface area contributed by atoms with Gasteiger partial charge in [0.2, 0.25) is 0 Å². The average Bonchev–Trinajstić information content (AvgIpc) is 2.81. The van der Waals surface area contributed by atoms with Gasteiger partial charge in [-0.1, -0.05) is 32.0 Å². The monoisotopic (exact) mass is 473 g/mol. The lowest BCUT2D eigenvalue weighted by Gasteiger charge is -2.44. The number of aromatic nitrogens is 1. The first-order chi connectivity index (χ1) is 16.1. The van der Waals surface area contributed by atoms with Gasteiger partial charge < -0.3 is 10.1 Å². The van der Waals surface area contributed by atoms with Gasteiger partial charge in [-0.3, -0.25) is 9.88 Å². The van der Waals surface area contributed by atoms with Crippen molar-refractivity contribution in [2.75, 3.05) is 19.6 Å². The topological polar surface area (TPSA) is 54.5 Å². The summed E-state index contributed by atoms with van der Waals surface area (Å²) in [4.78, 5) is 18.7. The van der Waals surface area contributed by atoms with Gasteiger partial charge in [-0.2, -0.15) is 13.2 Å². The molecule has 3 fully saturated rings. The number of nitrogens with one attached hydrogen (secondary N) is 1. The van der Waals surface area contributed by atoms with Crippen LogP contribution in [0, 0.1) is 11.3 Å². The zero-order valence-electron chi connectivity index (χ0n) is 19.5. The van der Waals surface area contributed by atoms with Gasteiger partial charge in [-0.25, -0.2) is 4.79 Å². The highest BCUT2D eigenvalue weighted by molar-refractivity contribution is 5.70. The van der Waals surface area contributed by atoms with Crippen LogP contribution in [0.15, 0.2) is 36.5 Å². The molecule has 4 aliphatic rings. The molecule has 2 bridgehead atoms. The zero-order chi connectivity index (χ0) is 24.1. The number of carbonyl (C=O) groups excluding carboxylic acids is 1. The molecule has 1 aromatic carbocycles. The molecule has 34 heavy (non-hydrogen) atoms. The highest BCUT2D eigenvalue weighted by Gasteiger charge is 2.40. The normalized spacial score (nSPS) is 27.7. The highest BCUT2D eigenvalue weighted by Crippen LogP contribution is 2.45. The molecule has 1 N–H and O–H groups in total. The van der Waals surface area contributed by atoms with E-state index < -0.39 is 18.0 Å².